The molecule has 0 amide bonds. The maximum atomic E-state index is 10.4. The van der Waals surface area contributed by atoms with Crippen LogP contribution in [-0.4, -0.2) is 27.4 Å². The molecule has 0 aliphatic carbocycles. The molecule has 0 aromatic carbocycles. The van der Waals surface area contributed by atoms with E-state index >= 15 is 0 Å². The quantitative estimate of drug-likeness (QED) is 0.529. The molecule has 1 unspecified atom stereocenters. The predicted molar refractivity (Wildman–Crippen MR) is 32.3 cm³/mol. The molecule has 9 heavy (non-hydrogen) atoms. The summed E-state index contributed by atoms with van der Waals surface area (Å²) in [6.45, 7) is 0.847. The summed E-state index contributed by atoms with van der Waals surface area (Å²) >= 11 is 0. The zero-order valence-electron chi connectivity index (χ0n) is 5.12. The summed E-state index contributed by atoms with van der Waals surface area (Å²) in [4.78, 5) is 0. The van der Waals surface area contributed by atoms with Crippen molar-refractivity contribution in [3.05, 3.63) is 0 Å². The van der Waals surface area contributed by atoms with Crippen molar-refractivity contribution in [3.63, 3.8) is 0 Å². The second-order valence-corrected chi connectivity index (χ2v) is 3.63. The van der Waals surface area contributed by atoms with E-state index in [9.17, 15) is 8.42 Å². The normalized spacial score (nSPS) is 27.4. The lowest BCUT2D eigenvalue weighted by atomic mass is 10.3. The van der Waals surface area contributed by atoms with Crippen LogP contribution in [0.4, 0.5) is 0 Å². The van der Waals surface area contributed by atoms with Crippen molar-refractivity contribution in [2.75, 3.05) is 12.8 Å². The minimum Gasteiger partial charge on any atom is -0.291 e. The SMILES string of the molecule is CS(=O)(=O)OC1CCN1. The van der Waals surface area contributed by atoms with Crippen LogP contribution in [0.3, 0.4) is 0 Å². The molecular weight excluding hydrogens is 142 g/mol. The molecule has 0 saturated carbocycles. The Morgan fingerprint density at radius 2 is 2.22 bits per heavy atom. The van der Waals surface area contributed by atoms with Crippen molar-refractivity contribution < 1.29 is 12.6 Å². The summed E-state index contributed by atoms with van der Waals surface area (Å²) < 4.78 is 25.3. The fourth-order valence-corrected chi connectivity index (χ4v) is 1.14. The Labute approximate surface area is 54.3 Å². The van der Waals surface area contributed by atoms with Crippen molar-refractivity contribution in [1.82, 2.24) is 5.32 Å². The van der Waals surface area contributed by atoms with Crippen LogP contribution in [0.25, 0.3) is 0 Å². The maximum absolute atomic E-state index is 10.4. The Hall–Kier alpha value is -0.130. The van der Waals surface area contributed by atoms with Gasteiger partial charge >= 0.3 is 0 Å². The highest BCUT2D eigenvalue weighted by Crippen LogP contribution is 2.05. The van der Waals surface area contributed by atoms with Gasteiger partial charge in [-0.15, -0.1) is 0 Å². The summed E-state index contributed by atoms with van der Waals surface area (Å²) in [5.41, 5.74) is 0. The van der Waals surface area contributed by atoms with Gasteiger partial charge in [-0.25, -0.2) is 0 Å². The summed E-state index contributed by atoms with van der Waals surface area (Å²) in [5, 5.41) is 2.80. The lowest BCUT2D eigenvalue weighted by Crippen LogP contribution is -2.45. The highest BCUT2D eigenvalue weighted by atomic mass is 32.2. The van der Waals surface area contributed by atoms with Crippen LogP contribution in [0.1, 0.15) is 6.42 Å². The Bertz CT molecular complexity index is 182. The first-order valence-electron chi connectivity index (χ1n) is 2.69. The minimum absolute atomic E-state index is 0.264. The molecule has 0 bridgehead atoms. The molecule has 4 nitrogen and oxygen atoms in total. The molecule has 0 radical (unpaired) electrons. The Morgan fingerprint density at radius 3 is 2.33 bits per heavy atom. The van der Waals surface area contributed by atoms with E-state index in [0.717, 1.165) is 19.2 Å². The molecular formula is C4H9NO3S. The molecule has 1 heterocycles. The van der Waals surface area contributed by atoms with E-state index in [1.54, 1.807) is 0 Å². The van der Waals surface area contributed by atoms with Crippen LogP contribution in [-0.2, 0) is 14.3 Å². The third-order valence-corrected chi connectivity index (χ3v) is 1.65. The summed E-state index contributed by atoms with van der Waals surface area (Å²) in [6, 6.07) is 0. The molecule has 0 aromatic rings. The van der Waals surface area contributed by atoms with Gasteiger partial charge in [0, 0.05) is 13.0 Å². The molecule has 0 aromatic heterocycles. The van der Waals surface area contributed by atoms with Gasteiger partial charge in [0.1, 0.15) is 6.23 Å². The molecule has 54 valence electrons. The van der Waals surface area contributed by atoms with E-state index in [1.807, 2.05) is 0 Å². The Kier molecular flexibility index (Phi) is 1.74. The van der Waals surface area contributed by atoms with Crippen molar-refractivity contribution in [2.24, 2.45) is 0 Å². The molecule has 1 aliphatic heterocycles. The molecule has 1 saturated heterocycles. The average Bonchev–Trinajstić information content (AvgIpc) is 1.53. The smallest absolute Gasteiger partial charge is 0.265 e. The predicted octanol–water partition coefficient (Wildman–Crippen LogP) is -0.718. The van der Waals surface area contributed by atoms with E-state index in [0.29, 0.717) is 0 Å². The minimum atomic E-state index is -3.25. The summed E-state index contributed by atoms with van der Waals surface area (Å²) in [7, 11) is -3.25. The summed E-state index contributed by atoms with van der Waals surface area (Å²) in [6.07, 6.45) is 1.57. The van der Waals surface area contributed by atoms with Gasteiger partial charge in [-0.05, 0) is 0 Å². The van der Waals surface area contributed by atoms with Gasteiger partial charge in [0.2, 0.25) is 0 Å². The lowest BCUT2D eigenvalue weighted by molar-refractivity contribution is 0.107. The molecule has 1 aliphatic rings. The monoisotopic (exact) mass is 151 g/mol. The van der Waals surface area contributed by atoms with Crippen molar-refractivity contribution in [3.8, 4) is 0 Å². The van der Waals surface area contributed by atoms with Gasteiger partial charge in [-0.3, -0.25) is 9.50 Å². The van der Waals surface area contributed by atoms with E-state index in [1.165, 1.54) is 0 Å². The second-order valence-electron chi connectivity index (χ2n) is 2.03. The molecule has 5 heteroatoms. The number of hydrogen-bond donors (Lipinski definition) is 1. The van der Waals surface area contributed by atoms with Crippen LogP contribution in [0, 0.1) is 0 Å². The zero-order chi connectivity index (χ0) is 6.91. The first-order valence-corrected chi connectivity index (χ1v) is 4.51. The molecule has 1 N–H and O–H groups in total. The van der Waals surface area contributed by atoms with E-state index in [-0.39, 0.29) is 6.23 Å². The van der Waals surface area contributed by atoms with E-state index in [4.69, 9.17) is 0 Å². The fourth-order valence-electron chi connectivity index (χ4n) is 0.555. The van der Waals surface area contributed by atoms with Crippen molar-refractivity contribution >= 4 is 10.1 Å². The van der Waals surface area contributed by atoms with Gasteiger partial charge in [0.05, 0.1) is 6.26 Å². The van der Waals surface area contributed by atoms with Gasteiger partial charge < -0.3 is 0 Å². The molecule has 1 fully saturated rings. The Balaban J connectivity index is 2.33. The van der Waals surface area contributed by atoms with E-state index in [2.05, 4.69) is 9.50 Å². The zero-order valence-corrected chi connectivity index (χ0v) is 5.94. The average molecular weight is 151 g/mol. The van der Waals surface area contributed by atoms with Gasteiger partial charge in [0.25, 0.3) is 10.1 Å². The third-order valence-electron chi connectivity index (χ3n) is 1.07. The molecule has 1 rings (SSSR count). The molecule has 1 atom stereocenters. The Morgan fingerprint density at radius 1 is 1.67 bits per heavy atom. The maximum Gasteiger partial charge on any atom is 0.265 e. The topological polar surface area (TPSA) is 55.4 Å². The molecule has 0 spiro atoms. The van der Waals surface area contributed by atoms with Crippen molar-refractivity contribution in [2.45, 2.75) is 12.6 Å². The third kappa shape index (κ3) is 2.30. The number of rotatable bonds is 2. The lowest BCUT2D eigenvalue weighted by Gasteiger charge is -2.25. The van der Waals surface area contributed by atoms with Crippen LogP contribution >= 0.6 is 0 Å². The van der Waals surface area contributed by atoms with Crippen LogP contribution in [0.2, 0.25) is 0 Å². The van der Waals surface area contributed by atoms with E-state index < -0.39 is 10.1 Å². The van der Waals surface area contributed by atoms with Crippen molar-refractivity contribution in [1.29, 1.82) is 0 Å². The van der Waals surface area contributed by atoms with Crippen LogP contribution in [0.15, 0.2) is 0 Å². The van der Waals surface area contributed by atoms with Crippen LogP contribution in [0.5, 0.6) is 0 Å². The van der Waals surface area contributed by atoms with Gasteiger partial charge in [0.15, 0.2) is 0 Å². The number of hydrogen-bond acceptors (Lipinski definition) is 4. The van der Waals surface area contributed by atoms with Crippen LogP contribution < -0.4 is 5.32 Å². The highest BCUT2D eigenvalue weighted by Gasteiger charge is 2.20. The first-order chi connectivity index (χ1) is 4.08. The summed E-state index contributed by atoms with van der Waals surface area (Å²) in [5.74, 6) is 0. The number of nitrogens with one attached hydrogen (secondary N) is 1. The highest BCUT2D eigenvalue weighted by molar-refractivity contribution is 7.86. The van der Waals surface area contributed by atoms with Gasteiger partial charge in [-0.2, -0.15) is 8.42 Å². The fraction of sp³-hybridized carbons (Fsp3) is 1.00. The largest absolute Gasteiger partial charge is 0.291 e. The first kappa shape index (κ1) is 6.98. The standard InChI is InChI=1S/C4H9NO3S/c1-9(6,7)8-4-2-3-5-4/h4-5H,2-3H2,1H3. The van der Waals surface area contributed by atoms with Gasteiger partial charge in [-0.1, -0.05) is 0 Å². The second kappa shape index (κ2) is 2.24.